The largest absolute Gasteiger partial charge is 0.325 e. The van der Waals surface area contributed by atoms with E-state index in [4.69, 9.17) is 0 Å². The van der Waals surface area contributed by atoms with E-state index in [1.54, 1.807) is 0 Å². The van der Waals surface area contributed by atoms with Gasteiger partial charge in [-0.3, -0.25) is 4.57 Å². The van der Waals surface area contributed by atoms with Crippen LogP contribution in [0.3, 0.4) is 0 Å². The average molecular weight is 208 g/mol. The minimum atomic E-state index is 0.0711. The number of H-pyrrole nitrogens is 1. The van der Waals surface area contributed by atoms with E-state index in [0.29, 0.717) is 0 Å². The van der Waals surface area contributed by atoms with E-state index in [0.717, 1.165) is 31.0 Å². The molecule has 0 amide bonds. The summed E-state index contributed by atoms with van der Waals surface area (Å²) < 4.78 is 1.84. The van der Waals surface area contributed by atoms with E-state index >= 15 is 0 Å². The zero-order chi connectivity index (χ0) is 10.7. The highest BCUT2D eigenvalue weighted by molar-refractivity contribution is 4.97. The van der Waals surface area contributed by atoms with E-state index in [1.165, 1.54) is 25.7 Å². The number of hydrogen-bond acceptors (Lipinski definition) is 1. The molecule has 15 heavy (non-hydrogen) atoms. The van der Waals surface area contributed by atoms with Crippen molar-refractivity contribution in [2.24, 2.45) is 5.92 Å². The summed E-state index contributed by atoms with van der Waals surface area (Å²) in [5.74, 6) is 0.894. The lowest BCUT2D eigenvalue weighted by atomic mass is 10.2. The summed E-state index contributed by atoms with van der Waals surface area (Å²) in [5, 5.41) is 0. The van der Waals surface area contributed by atoms with Crippen LogP contribution in [0.1, 0.15) is 44.7 Å². The van der Waals surface area contributed by atoms with E-state index in [9.17, 15) is 4.79 Å². The number of aryl methyl sites for hydroxylation is 2. The van der Waals surface area contributed by atoms with E-state index in [-0.39, 0.29) is 5.69 Å². The van der Waals surface area contributed by atoms with Crippen molar-refractivity contribution in [3.63, 3.8) is 0 Å². The standard InChI is InChI=1S/C12H20N2O/c1-2-3-4-11-9-14(12(15)13-11)8-7-10-5-6-10/h9-10H,2-8H2,1H3,(H,13,15). The quantitative estimate of drug-likeness (QED) is 0.765. The highest BCUT2D eigenvalue weighted by Crippen LogP contribution is 2.32. The number of rotatable bonds is 6. The number of unbranched alkanes of at least 4 members (excludes halogenated alkanes) is 1. The van der Waals surface area contributed by atoms with Crippen LogP contribution in [0.25, 0.3) is 0 Å². The Bertz CT molecular complexity index is 360. The van der Waals surface area contributed by atoms with Gasteiger partial charge in [0.25, 0.3) is 0 Å². The fraction of sp³-hybridized carbons (Fsp3) is 0.750. The predicted molar refractivity (Wildman–Crippen MR) is 61.0 cm³/mol. The topological polar surface area (TPSA) is 37.8 Å². The van der Waals surface area contributed by atoms with Gasteiger partial charge in [0, 0.05) is 18.4 Å². The van der Waals surface area contributed by atoms with Crippen molar-refractivity contribution in [2.45, 2.75) is 52.0 Å². The summed E-state index contributed by atoms with van der Waals surface area (Å²) in [5.41, 5.74) is 1.17. The molecule has 1 saturated carbocycles. The molecule has 1 aromatic rings. The normalized spacial score (nSPS) is 15.8. The third-order valence-corrected chi connectivity index (χ3v) is 3.11. The number of aromatic amines is 1. The Morgan fingerprint density at radius 1 is 1.53 bits per heavy atom. The van der Waals surface area contributed by atoms with Crippen molar-refractivity contribution in [3.05, 3.63) is 22.4 Å². The number of imidazole rings is 1. The second-order valence-electron chi connectivity index (χ2n) is 4.61. The van der Waals surface area contributed by atoms with Gasteiger partial charge in [0.2, 0.25) is 0 Å². The van der Waals surface area contributed by atoms with Crippen LogP contribution in [0.5, 0.6) is 0 Å². The molecule has 0 bridgehead atoms. The second kappa shape index (κ2) is 4.69. The van der Waals surface area contributed by atoms with Crippen LogP contribution < -0.4 is 5.69 Å². The summed E-state index contributed by atoms with van der Waals surface area (Å²) in [6.07, 6.45) is 9.23. The molecule has 1 aliphatic carbocycles. The third kappa shape index (κ3) is 2.98. The summed E-state index contributed by atoms with van der Waals surface area (Å²) in [6, 6.07) is 0. The monoisotopic (exact) mass is 208 g/mol. The Morgan fingerprint density at radius 2 is 2.33 bits per heavy atom. The Kier molecular flexibility index (Phi) is 3.29. The van der Waals surface area contributed by atoms with Crippen molar-refractivity contribution in [3.8, 4) is 0 Å². The summed E-state index contributed by atoms with van der Waals surface area (Å²) in [7, 11) is 0. The number of nitrogens with zero attached hydrogens (tertiary/aromatic N) is 1. The number of hydrogen-bond donors (Lipinski definition) is 1. The molecular formula is C12H20N2O. The van der Waals surface area contributed by atoms with Gasteiger partial charge in [-0.05, 0) is 25.2 Å². The molecule has 0 radical (unpaired) electrons. The zero-order valence-corrected chi connectivity index (χ0v) is 9.46. The van der Waals surface area contributed by atoms with Crippen LogP contribution in [0.15, 0.2) is 11.0 Å². The molecule has 3 nitrogen and oxygen atoms in total. The Labute approximate surface area is 90.5 Å². The van der Waals surface area contributed by atoms with Gasteiger partial charge in [0.05, 0.1) is 0 Å². The van der Waals surface area contributed by atoms with Crippen LogP contribution in [-0.4, -0.2) is 9.55 Å². The summed E-state index contributed by atoms with van der Waals surface area (Å²) in [4.78, 5) is 14.5. The van der Waals surface area contributed by atoms with Gasteiger partial charge >= 0.3 is 5.69 Å². The summed E-state index contributed by atoms with van der Waals surface area (Å²) >= 11 is 0. The average Bonchev–Trinajstić information content (AvgIpc) is 2.98. The third-order valence-electron chi connectivity index (χ3n) is 3.11. The minimum Gasteiger partial charge on any atom is -0.310 e. The molecule has 1 fully saturated rings. The maximum absolute atomic E-state index is 11.5. The molecule has 1 N–H and O–H groups in total. The molecule has 1 heterocycles. The SMILES string of the molecule is CCCCc1cn(CCC2CC2)c(=O)[nH]1. The maximum Gasteiger partial charge on any atom is 0.325 e. The Hall–Kier alpha value is -0.990. The van der Waals surface area contributed by atoms with E-state index in [1.807, 2.05) is 10.8 Å². The lowest BCUT2D eigenvalue weighted by Gasteiger charge is -1.98. The number of nitrogens with one attached hydrogen (secondary N) is 1. The first-order valence-corrected chi connectivity index (χ1v) is 6.08. The smallest absolute Gasteiger partial charge is 0.310 e. The first-order valence-electron chi connectivity index (χ1n) is 6.08. The fourth-order valence-electron chi connectivity index (χ4n) is 1.88. The minimum absolute atomic E-state index is 0.0711. The molecule has 0 spiro atoms. The second-order valence-corrected chi connectivity index (χ2v) is 4.61. The summed E-state index contributed by atoms with van der Waals surface area (Å²) in [6.45, 7) is 3.06. The molecule has 0 aliphatic heterocycles. The molecule has 0 atom stereocenters. The van der Waals surface area contributed by atoms with Crippen LogP contribution >= 0.6 is 0 Å². The van der Waals surface area contributed by atoms with Gasteiger partial charge < -0.3 is 4.98 Å². The molecule has 84 valence electrons. The molecule has 1 aromatic heterocycles. The fourth-order valence-corrected chi connectivity index (χ4v) is 1.88. The molecule has 3 heteroatoms. The first-order chi connectivity index (χ1) is 7.29. The van der Waals surface area contributed by atoms with Crippen LogP contribution in [0, 0.1) is 5.92 Å². The maximum atomic E-state index is 11.5. The van der Waals surface area contributed by atoms with Crippen molar-refractivity contribution < 1.29 is 0 Å². The van der Waals surface area contributed by atoms with Crippen molar-refractivity contribution in [2.75, 3.05) is 0 Å². The van der Waals surface area contributed by atoms with Crippen LogP contribution in [0.2, 0.25) is 0 Å². The highest BCUT2D eigenvalue weighted by Gasteiger charge is 2.20. The Morgan fingerprint density at radius 3 is 3.00 bits per heavy atom. The lowest BCUT2D eigenvalue weighted by Crippen LogP contribution is -2.16. The molecule has 2 rings (SSSR count). The lowest BCUT2D eigenvalue weighted by molar-refractivity contribution is 0.582. The van der Waals surface area contributed by atoms with Crippen molar-refractivity contribution >= 4 is 0 Å². The first kappa shape index (κ1) is 10.5. The molecule has 0 saturated heterocycles. The number of aromatic nitrogens is 2. The molecule has 1 aliphatic rings. The molecule has 0 aromatic carbocycles. The molecular weight excluding hydrogens is 188 g/mol. The van der Waals surface area contributed by atoms with Gasteiger partial charge in [0.15, 0.2) is 0 Å². The Balaban J connectivity index is 1.91. The van der Waals surface area contributed by atoms with Gasteiger partial charge in [-0.1, -0.05) is 26.2 Å². The van der Waals surface area contributed by atoms with Crippen LogP contribution in [-0.2, 0) is 13.0 Å². The highest BCUT2D eigenvalue weighted by atomic mass is 16.1. The van der Waals surface area contributed by atoms with E-state index < -0.39 is 0 Å². The predicted octanol–water partition coefficient (Wildman–Crippen LogP) is 2.32. The van der Waals surface area contributed by atoms with E-state index in [2.05, 4.69) is 11.9 Å². The van der Waals surface area contributed by atoms with Gasteiger partial charge in [-0.25, -0.2) is 4.79 Å². The zero-order valence-electron chi connectivity index (χ0n) is 9.46. The van der Waals surface area contributed by atoms with Gasteiger partial charge in [-0.15, -0.1) is 0 Å². The molecule has 0 unspecified atom stereocenters. The van der Waals surface area contributed by atoms with Crippen LogP contribution in [0.4, 0.5) is 0 Å². The van der Waals surface area contributed by atoms with Crippen molar-refractivity contribution in [1.29, 1.82) is 0 Å². The van der Waals surface area contributed by atoms with Gasteiger partial charge in [0.1, 0.15) is 0 Å². The van der Waals surface area contributed by atoms with Crippen molar-refractivity contribution in [1.82, 2.24) is 9.55 Å². The van der Waals surface area contributed by atoms with Gasteiger partial charge in [-0.2, -0.15) is 0 Å².